The summed E-state index contributed by atoms with van der Waals surface area (Å²) in [4.78, 5) is 11.6. The predicted molar refractivity (Wildman–Crippen MR) is 83.3 cm³/mol. The first-order valence-electron chi connectivity index (χ1n) is 7.22. The van der Waals surface area contributed by atoms with E-state index in [0.29, 0.717) is 6.04 Å². The lowest BCUT2D eigenvalue weighted by Crippen LogP contribution is -2.27. The number of hydrogen-bond donors (Lipinski definition) is 1. The lowest BCUT2D eigenvalue weighted by Gasteiger charge is -2.23. The highest BCUT2D eigenvalue weighted by Crippen LogP contribution is 2.32. The first kappa shape index (κ1) is 14.4. The fourth-order valence-corrected chi connectivity index (χ4v) is 2.48. The van der Waals surface area contributed by atoms with Crippen LogP contribution in [0, 0.1) is 0 Å². The van der Waals surface area contributed by atoms with Gasteiger partial charge in [-0.15, -0.1) is 0 Å². The van der Waals surface area contributed by atoms with E-state index < -0.39 is 0 Å². The molecular weight excluding hydrogens is 256 g/mol. The number of anilines is 2. The molecule has 0 atom stereocenters. The van der Waals surface area contributed by atoms with Crippen molar-refractivity contribution >= 4 is 23.4 Å². The number of aromatic nitrogens is 2. The van der Waals surface area contributed by atoms with Crippen LogP contribution >= 0.6 is 11.8 Å². The van der Waals surface area contributed by atoms with E-state index in [2.05, 4.69) is 40.1 Å². The maximum atomic E-state index is 4.68. The molecule has 0 radical (unpaired) electrons. The highest BCUT2D eigenvalue weighted by molar-refractivity contribution is 7.98. The summed E-state index contributed by atoms with van der Waals surface area (Å²) in [6, 6.07) is 2.80. The van der Waals surface area contributed by atoms with Crippen molar-refractivity contribution in [2.24, 2.45) is 0 Å². The van der Waals surface area contributed by atoms with Crippen molar-refractivity contribution in [2.75, 3.05) is 29.6 Å². The number of thioether (sulfide) groups is 1. The van der Waals surface area contributed by atoms with Gasteiger partial charge in [-0.05, 0) is 31.9 Å². The van der Waals surface area contributed by atoms with E-state index in [1.807, 2.05) is 6.26 Å². The van der Waals surface area contributed by atoms with E-state index in [4.69, 9.17) is 0 Å². The Kier molecular flexibility index (Phi) is 5.31. The fraction of sp³-hybridized carbons (Fsp3) is 0.714. The minimum absolute atomic E-state index is 0.698. The highest BCUT2D eigenvalue weighted by Gasteiger charge is 2.29. The van der Waals surface area contributed by atoms with Gasteiger partial charge in [0.2, 0.25) is 0 Å². The zero-order valence-corrected chi connectivity index (χ0v) is 13.0. The Balaban J connectivity index is 2.21. The van der Waals surface area contributed by atoms with Crippen molar-refractivity contribution in [3.05, 3.63) is 6.07 Å². The lowest BCUT2D eigenvalue weighted by molar-refractivity contribution is 0.739. The zero-order chi connectivity index (χ0) is 13.7. The summed E-state index contributed by atoms with van der Waals surface area (Å²) in [6.45, 7) is 6.44. The molecule has 5 heteroatoms. The van der Waals surface area contributed by atoms with Crippen LogP contribution in [-0.2, 0) is 0 Å². The largest absolute Gasteiger partial charge is 0.370 e. The molecule has 1 aromatic heterocycles. The van der Waals surface area contributed by atoms with Gasteiger partial charge in [-0.2, -0.15) is 0 Å². The van der Waals surface area contributed by atoms with Gasteiger partial charge in [-0.25, -0.2) is 9.97 Å². The van der Waals surface area contributed by atoms with Crippen LogP contribution in [0.4, 0.5) is 11.6 Å². The quantitative estimate of drug-likeness (QED) is 0.584. The van der Waals surface area contributed by atoms with E-state index in [1.165, 1.54) is 12.8 Å². The molecule has 1 aliphatic carbocycles. The Hall–Kier alpha value is -0.970. The third-order valence-electron chi connectivity index (χ3n) is 3.18. The molecule has 0 aromatic carbocycles. The summed E-state index contributed by atoms with van der Waals surface area (Å²) in [7, 11) is 0. The minimum Gasteiger partial charge on any atom is -0.370 e. The molecule has 4 nitrogen and oxygen atoms in total. The second-order valence-corrected chi connectivity index (χ2v) is 5.72. The maximum absolute atomic E-state index is 4.68. The summed E-state index contributed by atoms with van der Waals surface area (Å²) in [6.07, 6.45) is 6.90. The van der Waals surface area contributed by atoms with Crippen LogP contribution in [0.1, 0.15) is 39.5 Å². The van der Waals surface area contributed by atoms with Crippen molar-refractivity contribution in [3.8, 4) is 0 Å². The summed E-state index contributed by atoms with van der Waals surface area (Å²) in [5.41, 5.74) is 0. The van der Waals surface area contributed by atoms with Crippen molar-refractivity contribution in [1.82, 2.24) is 9.97 Å². The van der Waals surface area contributed by atoms with Crippen LogP contribution in [0.5, 0.6) is 0 Å². The van der Waals surface area contributed by atoms with E-state index in [1.54, 1.807) is 11.8 Å². The van der Waals surface area contributed by atoms with Gasteiger partial charge < -0.3 is 10.2 Å². The van der Waals surface area contributed by atoms with E-state index in [-0.39, 0.29) is 0 Å². The fourth-order valence-electron chi connectivity index (χ4n) is 2.11. The first-order chi connectivity index (χ1) is 9.28. The normalized spacial score (nSPS) is 14.5. The third kappa shape index (κ3) is 4.00. The highest BCUT2D eigenvalue weighted by atomic mass is 32.2. The van der Waals surface area contributed by atoms with Crippen molar-refractivity contribution in [2.45, 2.75) is 50.7 Å². The molecule has 1 fully saturated rings. The van der Waals surface area contributed by atoms with Gasteiger partial charge in [0.05, 0.1) is 0 Å². The zero-order valence-electron chi connectivity index (χ0n) is 12.1. The molecular formula is C14H24N4S. The predicted octanol–water partition coefficient (Wildman–Crippen LogP) is 3.40. The second-order valence-electron chi connectivity index (χ2n) is 4.95. The van der Waals surface area contributed by atoms with Crippen molar-refractivity contribution < 1.29 is 0 Å². The Morgan fingerprint density at radius 2 is 2.11 bits per heavy atom. The van der Waals surface area contributed by atoms with E-state index in [0.717, 1.165) is 42.7 Å². The van der Waals surface area contributed by atoms with Crippen LogP contribution in [-0.4, -0.2) is 35.4 Å². The number of nitrogens with one attached hydrogen (secondary N) is 1. The van der Waals surface area contributed by atoms with E-state index in [9.17, 15) is 0 Å². The average Bonchev–Trinajstić information content (AvgIpc) is 3.26. The van der Waals surface area contributed by atoms with Gasteiger partial charge >= 0.3 is 0 Å². The second kappa shape index (κ2) is 6.98. The molecule has 19 heavy (non-hydrogen) atoms. The molecule has 1 N–H and O–H groups in total. The summed E-state index contributed by atoms with van der Waals surface area (Å²) in [5, 5.41) is 4.23. The Morgan fingerprint density at radius 1 is 1.32 bits per heavy atom. The first-order valence-corrected chi connectivity index (χ1v) is 8.44. The Bertz CT molecular complexity index is 406. The molecule has 0 bridgehead atoms. The molecule has 1 aliphatic rings. The van der Waals surface area contributed by atoms with Gasteiger partial charge in [0, 0.05) is 25.2 Å². The molecule has 1 saturated carbocycles. The number of nitrogens with zero attached hydrogens (tertiary/aromatic N) is 3. The molecule has 1 heterocycles. The topological polar surface area (TPSA) is 41.0 Å². The van der Waals surface area contributed by atoms with Gasteiger partial charge in [0.1, 0.15) is 11.6 Å². The summed E-state index contributed by atoms with van der Waals surface area (Å²) >= 11 is 1.61. The van der Waals surface area contributed by atoms with Crippen LogP contribution in [0.3, 0.4) is 0 Å². The van der Waals surface area contributed by atoms with Gasteiger partial charge in [-0.3, -0.25) is 0 Å². The van der Waals surface area contributed by atoms with Gasteiger partial charge in [0.25, 0.3) is 0 Å². The van der Waals surface area contributed by atoms with Crippen molar-refractivity contribution in [1.29, 1.82) is 0 Å². The van der Waals surface area contributed by atoms with Gasteiger partial charge in [0.15, 0.2) is 5.16 Å². The molecule has 0 aliphatic heterocycles. The van der Waals surface area contributed by atoms with Gasteiger partial charge in [-0.1, -0.05) is 25.6 Å². The third-order valence-corrected chi connectivity index (χ3v) is 3.72. The standard InChI is InChI=1S/C14H24N4S/c1-4-8-15-12-10-13(17-14(16-12)19-3)18(9-5-2)11-6-7-11/h10-11H,4-9H2,1-3H3,(H,15,16,17). The Morgan fingerprint density at radius 3 is 2.68 bits per heavy atom. The summed E-state index contributed by atoms with van der Waals surface area (Å²) < 4.78 is 0. The van der Waals surface area contributed by atoms with Crippen LogP contribution in [0.25, 0.3) is 0 Å². The SMILES string of the molecule is CCCNc1cc(N(CCC)C2CC2)nc(SC)n1. The van der Waals surface area contributed by atoms with Crippen LogP contribution < -0.4 is 10.2 Å². The molecule has 0 saturated heterocycles. The molecule has 106 valence electrons. The molecule has 0 spiro atoms. The smallest absolute Gasteiger partial charge is 0.191 e. The molecule has 0 amide bonds. The molecule has 0 unspecified atom stereocenters. The molecule has 1 aromatic rings. The lowest BCUT2D eigenvalue weighted by atomic mass is 10.3. The van der Waals surface area contributed by atoms with Crippen LogP contribution in [0.15, 0.2) is 11.2 Å². The van der Waals surface area contributed by atoms with E-state index >= 15 is 0 Å². The van der Waals surface area contributed by atoms with Crippen LogP contribution in [0.2, 0.25) is 0 Å². The van der Waals surface area contributed by atoms with Crippen molar-refractivity contribution in [3.63, 3.8) is 0 Å². The average molecular weight is 280 g/mol. The Labute approximate surface area is 120 Å². The monoisotopic (exact) mass is 280 g/mol. The number of rotatable bonds is 8. The summed E-state index contributed by atoms with van der Waals surface area (Å²) in [5.74, 6) is 2.04. The maximum Gasteiger partial charge on any atom is 0.191 e. The minimum atomic E-state index is 0.698. The number of hydrogen-bond acceptors (Lipinski definition) is 5. The molecule has 2 rings (SSSR count).